The van der Waals surface area contributed by atoms with Crippen molar-refractivity contribution in [3.05, 3.63) is 12.3 Å². The average molecular weight is 211 g/mol. The van der Waals surface area contributed by atoms with E-state index in [-0.39, 0.29) is 5.97 Å². The van der Waals surface area contributed by atoms with Crippen molar-refractivity contribution in [2.24, 2.45) is 0 Å². The maximum absolute atomic E-state index is 11.0. The lowest BCUT2D eigenvalue weighted by Gasteiger charge is -2.32. The van der Waals surface area contributed by atoms with Crippen LogP contribution in [-0.2, 0) is 9.53 Å². The van der Waals surface area contributed by atoms with E-state index in [4.69, 9.17) is 0 Å². The zero-order valence-corrected chi connectivity index (χ0v) is 9.74. The van der Waals surface area contributed by atoms with Crippen molar-refractivity contribution in [3.8, 4) is 0 Å². The predicted octanol–water partition coefficient (Wildman–Crippen LogP) is 2.33. The Morgan fingerprint density at radius 2 is 2.07 bits per heavy atom. The molecule has 1 aliphatic carbocycles. The molecule has 0 radical (unpaired) electrons. The molecule has 1 rings (SSSR count). The number of rotatable bonds is 4. The van der Waals surface area contributed by atoms with Gasteiger partial charge in [-0.3, -0.25) is 0 Å². The molecule has 0 spiro atoms. The summed E-state index contributed by atoms with van der Waals surface area (Å²) in [5.41, 5.74) is 0. The summed E-state index contributed by atoms with van der Waals surface area (Å²) in [5.74, 6) is -0.274. The molecule has 0 N–H and O–H groups in total. The van der Waals surface area contributed by atoms with Gasteiger partial charge in [0, 0.05) is 24.9 Å². The molecule has 3 heteroatoms. The molecule has 0 heterocycles. The van der Waals surface area contributed by atoms with Crippen molar-refractivity contribution in [1.82, 2.24) is 4.90 Å². The largest absolute Gasteiger partial charge is 0.466 e. The second kappa shape index (κ2) is 6.49. The van der Waals surface area contributed by atoms with E-state index >= 15 is 0 Å². The molecule has 0 aromatic heterocycles. The van der Waals surface area contributed by atoms with Gasteiger partial charge in [-0.05, 0) is 19.8 Å². The van der Waals surface area contributed by atoms with Gasteiger partial charge in [0.2, 0.25) is 0 Å². The first-order valence-corrected chi connectivity index (χ1v) is 5.79. The van der Waals surface area contributed by atoms with E-state index in [0.29, 0.717) is 6.04 Å². The van der Waals surface area contributed by atoms with Crippen LogP contribution < -0.4 is 0 Å². The Kier molecular flexibility index (Phi) is 5.22. The summed E-state index contributed by atoms with van der Waals surface area (Å²) in [6.45, 7) is 3.08. The van der Waals surface area contributed by atoms with Gasteiger partial charge in [-0.25, -0.2) is 4.79 Å². The number of hydrogen-bond donors (Lipinski definition) is 0. The Labute approximate surface area is 92.1 Å². The van der Waals surface area contributed by atoms with E-state index < -0.39 is 0 Å². The van der Waals surface area contributed by atoms with Crippen molar-refractivity contribution in [2.45, 2.75) is 45.1 Å². The van der Waals surface area contributed by atoms with Crippen LogP contribution in [0.25, 0.3) is 0 Å². The van der Waals surface area contributed by atoms with Crippen molar-refractivity contribution >= 4 is 5.97 Å². The summed E-state index contributed by atoms with van der Waals surface area (Å²) in [6, 6.07) is 0.615. The standard InChI is InChI=1S/C12H21NO2/c1-3-13(10-9-12(14)15-2)11-7-5-4-6-8-11/h9-11H,3-8H2,1-2H3. The smallest absolute Gasteiger partial charge is 0.331 e. The first-order valence-electron chi connectivity index (χ1n) is 5.79. The van der Waals surface area contributed by atoms with Gasteiger partial charge in [-0.1, -0.05) is 19.3 Å². The van der Waals surface area contributed by atoms with Gasteiger partial charge in [0.05, 0.1) is 7.11 Å². The molecule has 0 atom stereocenters. The number of esters is 1. The molecule has 1 aliphatic rings. The Balaban J connectivity index is 2.46. The molecule has 1 saturated carbocycles. The van der Waals surface area contributed by atoms with Crippen molar-refractivity contribution in [1.29, 1.82) is 0 Å². The van der Waals surface area contributed by atoms with E-state index in [1.807, 2.05) is 6.20 Å². The van der Waals surface area contributed by atoms with E-state index in [0.717, 1.165) is 6.54 Å². The molecule has 0 amide bonds. The topological polar surface area (TPSA) is 29.5 Å². The normalized spacial score (nSPS) is 18.0. The van der Waals surface area contributed by atoms with Gasteiger partial charge >= 0.3 is 5.97 Å². The fourth-order valence-corrected chi connectivity index (χ4v) is 2.12. The van der Waals surface area contributed by atoms with Gasteiger partial charge in [0.25, 0.3) is 0 Å². The Bertz CT molecular complexity index is 220. The van der Waals surface area contributed by atoms with Crippen LogP contribution in [0.5, 0.6) is 0 Å². The van der Waals surface area contributed by atoms with Crippen molar-refractivity contribution < 1.29 is 9.53 Å². The van der Waals surface area contributed by atoms with E-state index in [1.54, 1.807) is 0 Å². The molecule has 0 unspecified atom stereocenters. The molecule has 1 fully saturated rings. The van der Waals surface area contributed by atoms with Gasteiger partial charge in [-0.2, -0.15) is 0 Å². The third kappa shape index (κ3) is 3.94. The van der Waals surface area contributed by atoms with E-state index in [9.17, 15) is 4.79 Å². The van der Waals surface area contributed by atoms with Crippen LogP contribution >= 0.6 is 0 Å². The van der Waals surface area contributed by atoms with Crippen LogP contribution in [0.3, 0.4) is 0 Å². The number of ether oxygens (including phenoxy) is 1. The summed E-state index contributed by atoms with van der Waals surface area (Å²) in [7, 11) is 1.41. The summed E-state index contributed by atoms with van der Waals surface area (Å²) < 4.78 is 4.58. The SMILES string of the molecule is CCN(C=CC(=O)OC)C1CCCCC1. The maximum Gasteiger partial charge on any atom is 0.331 e. The van der Waals surface area contributed by atoms with Crippen LogP contribution in [0.15, 0.2) is 12.3 Å². The van der Waals surface area contributed by atoms with Gasteiger partial charge < -0.3 is 9.64 Å². The minimum absolute atomic E-state index is 0.274. The molecule has 0 saturated heterocycles. The number of hydrogen-bond acceptors (Lipinski definition) is 3. The molecular formula is C12H21NO2. The van der Waals surface area contributed by atoms with E-state index in [2.05, 4.69) is 16.6 Å². The fourth-order valence-electron chi connectivity index (χ4n) is 2.12. The minimum atomic E-state index is -0.274. The first-order chi connectivity index (χ1) is 7.27. The van der Waals surface area contributed by atoms with Gasteiger partial charge in [-0.15, -0.1) is 0 Å². The maximum atomic E-state index is 11.0. The van der Waals surface area contributed by atoms with Gasteiger partial charge in [0.1, 0.15) is 0 Å². The highest BCUT2D eigenvalue weighted by atomic mass is 16.5. The summed E-state index contributed by atoms with van der Waals surface area (Å²) in [5, 5.41) is 0. The summed E-state index contributed by atoms with van der Waals surface area (Å²) >= 11 is 0. The second-order valence-electron chi connectivity index (χ2n) is 3.96. The Morgan fingerprint density at radius 3 is 2.60 bits per heavy atom. The average Bonchev–Trinajstić information content (AvgIpc) is 2.31. The molecule has 0 aromatic carbocycles. The Morgan fingerprint density at radius 1 is 1.40 bits per heavy atom. The Hall–Kier alpha value is -0.990. The minimum Gasteiger partial charge on any atom is -0.466 e. The number of nitrogens with zero attached hydrogens (tertiary/aromatic N) is 1. The molecule has 0 aliphatic heterocycles. The number of carbonyl (C=O) groups is 1. The highest BCUT2D eigenvalue weighted by molar-refractivity contribution is 5.81. The van der Waals surface area contributed by atoms with Crippen LogP contribution in [0, 0.1) is 0 Å². The zero-order chi connectivity index (χ0) is 11.1. The van der Waals surface area contributed by atoms with Crippen LogP contribution in [0.1, 0.15) is 39.0 Å². The molecular weight excluding hydrogens is 190 g/mol. The quantitative estimate of drug-likeness (QED) is 0.528. The first kappa shape index (κ1) is 12.1. The molecule has 15 heavy (non-hydrogen) atoms. The van der Waals surface area contributed by atoms with Crippen LogP contribution in [0.2, 0.25) is 0 Å². The van der Waals surface area contributed by atoms with E-state index in [1.165, 1.54) is 45.3 Å². The van der Waals surface area contributed by atoms with Gasteiger partial charge in [0.15, 0.2) is 0 Å². The lowest BCUT2D eigenvalue weighted by atomic mass is 9.94. The monoisotopic (exact) mass is 211 g/mol. The highest BCUT2D eigenvalue weighted by Gasteiger charge is 2.17. The number of carbonyl (C=O) groups excluding carboxylic acids is 1. The predicted molar refractivity (Wildman–Crippen MR) is 60.4 cm³/mol. The van der Waals surface area contributed by atoms with Crippen LogP contribution in [0.4, 0.5) is 0 Å². The molecule has 86 valence electrons. The second-order valence-corrected chi connectivity index (χ2v) is 3.96. The van der Waals surface area contributed by atoms with Crippen molar-refractivity contribution in [3.63, 3.8) is 0 Å². The highest BCUT2D eigenvalue weighted by Crippen LogP contribution is 2.22. The lowest BCUT2D eigenvalue weighted by molar-refractivity contribution is -0.134. The summed E-state index contributed by atoms with van der Waals surface area (Å²) in [6.07, 6.45) is 9.87. The van der Waals surface area contributed by atoms with Crippen molar-refractivity contribution in [2.75, 3.05) is 13.7 Å². The fraction of sp³-hybridized carbons (Fsp3) is 0.750. The summed E-state index contributed by atoms with van der Waals surface area (Å²) in [4.78, 5) is 13.2. The molecule has 0 bridgehead atoms. The lowest BCUT2D eigenvalue weighted by Crippen LogP contribution is -2.32. The number of methoxy groups -OCH3 is 1. The molecule has 3 nitrogen and oxygen atoms in total. The third-order valence-electron chi connectivity index (χ3n) is 3.01. The zero-order valence-electron chi connectivity index (χ0n) is 9.74. The van der Waals surface area contributed by atoms with Crippen LogP contribution in [-0.4, -0.2) is 30.6 Å². The third-order valence-corrected chi connectivity index (χ3v) is 3.01. The molecule has 0 aromatic rings.